The van der Waals surface area contributed by atoms with Crippen LogP contribution in [0.25, 0.3) is 0 Å². The van der Waals surface area contributed by atoms with Crippen molar-refractivity contribution in [3.05, 3.63) is 29.3 Å². The van der Waals surface area contributed by atoms with Crippen molar-refractivity contribution >= 4 is 11.7 Å². The monoisotopic (exact) mass is 273 g/mol. The first kappa shape index (κ1) is 13.4. The summed E-state index contributed by atoms with van der Waals surface area (Å²) >= 11 is 0. The van der Waals surface area contributed by atoms with Gasteiger partial charge in [0.15, 0.2) is 0 Å². The van der Waals surface area contributed by atoms with Crippen molar-refractivity contribution in [2.24, 2.45) is 11.8 Å². The van der Waals surface area contributed by atoms with E-state index in [2.05, 4.69) is 36.6 Å². The van der Waals surface area contributed by atoms with E-state index >= 15 is 0 Å². The average molecular weight is 273 g/mol. The van der Waals surface area contributed by atoms with Crippen LogP contribution < -0.4 is 10.6 Å². The molecule has 2 amide bonds. The molecule has 20 heavy (non-hydrogen) atoms. The average Bonchev–Trinajstić information content (AvgIpc) is 3.14. The number of urea groups is 1. The van der Waals surface area contributed by atoms with Gasteiger partial charge in [-0.05, 0) is 42.0 Å². The molecule has 0 radical (unpaired) electrons. The van der Waals surface area contributed by atoms with E-state index in [1.54, 1.807) is 4.90 Å². The van der Waals surface area contributed by atoms with Crippen LogP contribution in [0.4, 0.5) is 10.5 Å². The number of carbonyl (C=O) groups is 1. The standard InChI is InChI=1S/C16H23N3O/c1-4-17-15(13-7-10(13)2)11-5-6-14-12(8-11)9-19(3)16(20)18-14/h5-6,8,10,13,15,17H,4,7,9H2,1-3H3,(H,18,20). The van der Waals surface area contributed by atoms with Gasteiger partial charge in [-0.3, -0.25) is 0 Å². The molecule has 0 bridgehead atoms. The normalized spacial score (nSPS) is 25.9. The molecule has 1 aromatic rings. The van der Waals surface area contributed by atoms with Gasteiger partial charge >= 0.3 is 6.03 Å². The Bertz CT molecular complexity index is 528. The van der Waals surface area contributed by atoms with Gasteiger partial charge in [-0.15, -0.1) is 0 Å². The predicted molar refractivity (Wildman–Crippen MR) is 80.6 cm³/mol. The van der Waals surface area contributed by atoms with Crippen molar-refractivity contribution in [2.75, 3.05) is 18.9 Å². The van der Waals surface area contributed by atoms with E-state index in [4.69, 9.17) is 0 Å². The zero-order valence-electron chi connectivity index (χ0n) is 12.4. The molecule has 3 atom stereocenters. The Kier molecular flexibility index (Phi) is 3.42. The van der Waals surface area contributed by atoms with Crippen LogP contribution in [0.15, 0.2) is 18.2 Å². The summed E-state index contributed by atoms with van der Waals surface area (Å²) in [5.41, 5.74) is 3.52. The van der Waals surface area contributed by atoms with Crippen LogP contribution in [0, 0.1) is 11.8 Å². The molecule has 3 rings (SSSR count). The molecule has 0 spiro atoms. The Morgan fingerprint density at radius 1 is 1.50 bits per heavy atom. The molecule has 1 aliphatic heterocycles. The summed E-state index contributed by atoms with van der Waals surface area (Å²) in [5, 5.41) is 6.55. The van der Waals surface area contributed by atoms with Crippen LogP contribution >= 0.6 is 0 Å². The zero-order valence-corrected chi connectivity index (χ0v) is 12.4. The van der Waals surface area contributed by atoms with Gasteiger partial charge in [-0.2, -0.15) is 0 Å². The lowest BCUT2D eigenvalue weighted by Crippen LogP contribution is -2.35. The first-order chi connectivity index (χ1) is 9.60. The zero-order chi connectivity index (χ0) is 14.3. The number of nitrogens with zero attached hydrogens (tertiary/aromatic N) is 1. The molecular weight excluding hydrogens is 250 g/mol. The van der Waals surface area contributed by atoms with Crippen LogP contribution in [0.3, 0.4) is 0 Å². The number of carbonyl (C=O) groups excluding carboxylic acids is 1. The fraction of sp³-hybridized carbons (Fsp3) is 0.562. The third-order valence-electron chi connectivity index (χ3n) is 4.51. The van der Waals surface area contributed by atoms with Crippen LogP contribution in [-0.2, 0) is 6.54 Å². The molecule has 0 aromatic heterocycles. The molecule has 0 saturated heterocycles. The molecule has 1 aromatic carbocycles. The minimum atomic E-state index is -0.0238. The molecule has 1 heterocycles. The Morgan fingerprint density at radius 3 is 2.90 bits per heavy atom. The lowest BCUT2D eigenvalue weighted by atomic mass is 9.97. The van der Waals surface area contributed by atoms with Crippen molar-refractivity contribution in [2.45, 2.75) is 32.9 Å². The number of amides is 2. The number of anilines is 1. The lowest BCUT2D eigenvalue weighted by molar-refractivity contribution is 0.218. The molecule has 3 unspecified atom stereocenters. The minimum Gasteiger partial charge on any atom is -0.323 e. The summed E-state index contributed by atoms with van der Waals surface area (Å²) in [6, 6.07) is 6.88. The number of hydrogen-bond acceptors (Lipinski definition) is 2. The second-order valence-corrected chi connectivity index (χ2v) is 6.11. The molecule has 108 valence electrons. The van der Waals surface area contributed by atoms with Gasteiger partial charge in [-0.25, -0.2) is 4.79 Å². The highest BCUT2D eigenvalue weighted by Crippen LogP contribution is 2.47. The maximum absolute atomic E-state index is 11.6. The van der Waals surface area contributed by atoms with Crippen molar-refractivity contribution in [3.8, 4) is 0 Å². The van der Waals surface area contributed by atoms with E-state index in [0.717, 1.165) is 24.1 Å². The predicted octanol–water partition coefficient (Wildman–Crippen LogP) is 2.97. The van der Waals surface area contributed by atoms with Crippen LogP contribution in [0.5, 0.6) is 0 Å². The Balaban J connectivity index is 1.87. The lowest BCUT2D eigenvalue weighted by Gasteiger charge is -2.27. The number of fused-ring (bicyclic) bond motifs is 1. The highest BCUT2D eigenvalue weighted by atomic mass is 16.2. The molecule has 4 heteroatoms. The summed E-state index contributed by atoms with van der Waals surface area (Å²) in [5.74, 6) is 1.57. The summed E-state index contributed by atoms with van der Waals surface area (Å²) in [7, 11) is 1.83. The van der Waals surface area contributed by atoms with Gasteiger partial charge in [-0.1, -0.05) is 26.0 Å². The summed E-state index contributed by atoms with van der Waals surface area (Å²) < 4.78 is 0. The molecule has 2 N–H and O–H groups in total. The van der Waals surface area contributed by atoms with E-state index in [9.17, 15) is 4.79 Å². The third kappa shape index (κ3) is 2.40. The van der Waals surface area contributed by atoms with Gasteiger partial charge < -0.3 is 15.5 Å². The first-order valence-electron chi connectivity index (χ1n) is 7.48. The van der Waals surface area contributed by atoms with E-state index in [1.807, 2.05) is 13.1 Å². The van der Waals surface area contributed by atoms with Crippen LogP contribution in [0.2, 0.25) is 0 Å². The fourth-order valence-electron chi connectivity index (χ4n) is 3.15. The second kappa shape index (κ2) is 5.09. The molecule has 2 aliphatic rings. The molecule has 1 fully saturated rings. The molecule has 4 nitrogen and oxygen atoms in total. The topological polar surface area (TPSA) is 44.4 Å². The maximum Gasteiger partial charge on any atom is 0.321 e. The van der Waals surface area contributed by atoms with Crippen molar-refractivity contribution in [3.63, 3.8) is 0 Å². The van der Waals surface area contributed by atoms with Crippen LogP contribution in [0.1, 0.15) is 37.4 Å². The Labute approximate surface area is 120 Å². The van der Waals surface area contributed by atoms with E-state index < -0.39 is 0 Å². The van der Waals surface area contributed by atoms with Crippen molar-refractivity contribution in [1.82, 2.24) is 10.2 Å². The van der Waals surface area contributed by atoms with Gasteiger partial charge in [0.2, 0.25) is 0 Å². The Morgan fingerprint density at radius 2 is 2.25 bits per heavy atom. The minimum absolute atomic E-state index is 0.0238. The Hall–Kier alpha value is -1.55. The summed E-state index contributed by atoms with van der Waals surface area (Å²) in [6.07, 6.45) is 1.31. The number of rotatable bonds is 4. The van der Waals surface area contributed by atoms with Gasteiger partial charge in [0.25, 0.3) is 0 Å². The van der Waals surface area contributed by atoms with Gasteiger partial charge in [0.1, 0.15) is 0 Å². The van der Waals surface area contributed by atoms with E-state index in [-0.39, 0.29) is 6.03 Å². The molecule has 1 saturated carbocycles. The smallest absolute Gasteiger partial charge is 0.321 e. The van der Waals surface area contributed by atoms with Crippen LogP contribution in [-0.4, -0.2) is 24.5 Å². The quantitative estimate of drug-likeness (QED) is 0.886. The third-order valence-corrected chi connectivity index (χ3v) is 4.51. The van der Waals surface area contributed by atoms with Crippen molar-refractivity contribution < 1.29 is 4.79 Å². The summed E-state index contributed by atoms with van der Waals surface area (Å²) in [4.78, 5) is 13.4. The largest absolute Gasteiger partial charge is 0.323 e. The number of benzene rings is 1. The van der Waals surface area contributed by atoms with E-state index in [0.29, 0.717) is 12.6 Å². The fourth-order valence-corrected chi connectivity index (χ4v) is 3.15. The van der Waals surface area contributed by atoms with Gasteiger partial charge in [0.05, 0.1) is 0 Å². The van der Waals surface area contributed by atoms with Crippen molar-refractivity contribution in [1.29, 1.82) is 0 Å². The SMILES string of the molecule is CCNC(c1ccc2c(c1)CN(C)C(=O)N2)C1CC1C. The first-order valence-corrected chi connectivity index (χ1v) is 7.48. The van der Waals surface area contributed by atoms with E-state index in [1.165, 1.54) is 17.5 Å². The summed E-state index contributed by atoms with van der Waals surface area (Å²) in [6.45, 7) is 6.16. The number of nitrogens with one attached hydrogen (secondary N) is 2. The maximum atomic E-state index is 11.6. The molecular formula is C16H23N3O. The van der Waals surface area contributed by atoms with Gasteiger partial charge in [0, 0.05) is 25.3 Å². The second-order valence-electron chi connectivity index (χ2n) is 6.11. The number of hydrogen-bond donors (Lipinski definition) is 2. The highest BCUT2D eigenvalue weighted by Gasteiger charge is 2.40. The highest BCUT2D eigenvalue weighted by molar-refractivity contribution is 5.92. The molecule has 1 aliphatic carbocycles.